The second-order valence-corrected chi connectivity index (χ2v) is 5.14. The van der Waals surface area contributed by atoms with Crippen LogP contribution in [-0.4, -0.2) is 25.7 Å². The van der Waals surface area contributed by atoms with Gasteiger partial charge in [-0.3, -0.25) is 4.55 Å². The van der Waals surface area contributed by atoms with E-state index in [1.165, 1.54) is 12.1 Å². The molecule has 0 spiro atoms. The minimum Gasteiger partial charge on any atom is -0.373 e. The van der Waals surface area contributed by atoms with Crippen molar-refractivity contribution >= 4 is 10.1 Å². The molecule has 2 rings (SSSR count). The lowest BCUT2D eigenvalue weighted by molar-refractivity contribution is 0.407. The molecule has 0 amide bonds. The van der Waals surface area contributed by atoms with Gasteiger partial charge in [0.2, 0.25) is 0 Å². The van der Waals surface area contributed by atoms with Crippen molar-refractivity contribution in [3.05, 3.63) is 29.3 Å². The molecular weight excluding hydrogens is 216 g/mol. The van der Waals surface area contributed by atoms with Gasteiger partial charge in [0.15, 0.2) is 0 Å². The van der Waals surface area contributed by atoms with Crippen LogP contribution < -0.4 is 0 Å². The molecule has 1 aliphatic rings. The molecule has 0 saturated carbocycles. The average molecular weight is 228 g/mol. The van der Waals surface area contributed by atoms with Crippen molar-refractivity contribution in [3.63, 3.8) is 0 Å². The maximum absolute atomic E-state index is 10.9. The molecule has 1 aromatic rings. The van der Waals surface area contributed by atoms with Crippen molar-refractivity contribution in [1.29, 1.82) is 0 Å². The molecule has 1 unspecified atom stereocenters. The predicted molar refractivity (Wildman–Crippen MR) is 54.4 cm³/mol. The van der Waals surface area contributed by atoms with Gasteiger partial charge in [0, 0.05) is 6.42 Å². The Hall–Kier alpha value is -0.910. The Morgan fingerprint density at radius 2 is 2.20 bits per heavy atom. The molecule has 15 heavy (non-hydrogen) atoms. The van der Waals surface area contributed by atoms with E-state index in [2.05, 4.69) is 0 Å². The van der Waals surface area contributed by atoms with Crippen LogP contribution in [-0.2, 0) is 21.3 Å². The predicted octanol–water partition coefficient (Wildman–Crippen LogP) is 1.18. The summed E-state index contributed by atoms with van der Waals surface area (Å²) in [4.78, 5) is -0.0521. The number of hydrogen-bond donors (Lipinski definition) is 1. The summed E-state index contributed by atoms with van der Waals surface area (Å²) in [5.41, 5.74) is 1.92. The molecule has 1 N–H and O–H groups in total. The second kappa shape index (κ2) is 3.59. The van der Waals surface area contributed by atoms with Crippen LogP contribution in [0.4, 0.5) is 0 Å². The third kappa shape index (κ3) is 2.56. The lowest BCUT2D eigenvalue weighted by atomic mass is 10.0. The largest absolute Gasteiger partial charge is 0.373 e. The lowest BCUT2D eigenvalue weighted by Gasteiger charge is -2.05. The monoisotopic (exact) mass is 228 g/mol. The molecule has 4 nitrogen and oxygen atoms in total. The van der Waals surface area contributed by atoms with E-state index in [-0.39, 0.29) is 11.0 Å². The molecule has 0 radical (unpaired) electrons. The topological polar surface area (TPSA) is 66.9 Å². The van der Waals surface area contributed by atoms with Gasteiger partial charge in [0.05, 0.1) is 17.6 Å². The Kier molecular flexibility index (Phi) is 2.54. The van der Waals surface area contributed by atoms with Gasteiger partial charge in [-0.15, -0.1) is 0 Å². The van der Waals surface area contributed by atoms with Gasteiger partial charge in [0.25, 0.3) is 10.1 Å². The molecule has 1 aliphatic heterocycles. The summed E-state index contributed by atoms with van der Waals surface area (Å²) in [5.74, 6) is 0. The SMILES string of the molecule is Cc1ccc(S(=O)(=O)O)cc1CC1CO1. The zero-order valence-corrected chi connectivity index (χ0v) is 9.12. The first-order chi connectivity index (χ1) is 6.97. The molecule has 1 saturated heterocycles. The summed E-state index contributed by atoms with van der Waals surface area (Å²) in [7, 11) is -4.10. The number of epoxide rings is 1. The molecule has 0 aromatic heterocycles. The first-order valence-corrected chi connectivity index (χ1v) is 6.09. The average Bonchev–Trinajstić information content (AvgIpc) is 2.90. The Balaban J connectivity index is 2.35. The fourth-order valence-electron chi connectivity index (χ4n) is 1.46. The summed E-state index contributed by atoms with van der Waals surface area (Å²) in [6.45, 7) is 2.64. The van der Waals surface area contributed by atoms with Crippen LogP contribution in [0.5, 0.6) is 0 Å². The van der Waals surface area contributed by atoms with E-state index < -0.39 is 10.1 Å². The molecule has 1 fully saturated rings. The number of aryl methyl sites for hydroxylation is 1. The zero-order valence-electron chi connectivity index (χ0n) is 8.30. The van der Waals surface area contributed by atoms with Gasteiger partial charge in [-0.25, -0.2) is 0 Å². The molecule has 0 bridgehead atoms. The highest BCUT2D eigenvalue weighted by molar-refractivity contribution is 7.85. The van der Waals surface area contributed by atoms with E-state index in [1.54, 1.807) is 6.07 Å². The van der Waals surface area contributed by atoms with E-state index in [0.717, 1.165) is 17.7 Å². The van der Waals surface area contributed by atoms with Crippen LogP contribution in [0.25, 0.3) is 0 Å². The van der Waals surface area contributed by atoms with Crippen LogP contribution in [0.2, 0.25) is 0 Å². The first kappa shape index (κ1) is 10.6. The third-order valence-corrected chi connectivity index (χ3v) is 3.32. The third-order valence-electron chi connectivity index (χ3n) is 2.47. The van der Waals surface area contributed by atoms with Crippen molar-refractivity contribution in [2.24, 2.45) is 0 Å². The van der Waals surface area contributed by atoms with Crippen molar-refractivity contribution in [1.82, 2.24) is 0 Å². The van der Waals surface area contributed by atoms with E-state index >= 15 is 0 Å². The van der Waals surface area contributed by atoms with Crippen LogP contribution in [0.3, 0.4) is 0 Å². The van der Waals surface area contributed by atoms with Crippen molar-refractivity contribution in [2.45, 2.75) is 24.3 Å². The van der Waals surface area contributed by atoms with Crippen molar-refractivity contribution in [2.75, 3.05) is 6.61 Å². The van der Waals surface area contributed by atoms with Gasteiger partial charge in [-0.05, 0) is 30.2 Å². The highest BCUT2D eigenvalue weighted by Gasteiger charge is 2.24. The maximum atomic E-state index is 10.9. The molecule has 82 valence electrons. The number of benzene rings is 1. The summed E-state index contributed by atoms with van der Waals surface area (Å²) in [6.07, 6.45) is 0.912. The van der Waals surface area contributed by atoms with Gasteiger partial charge in [0.1, 0.15) is 0 Å². The highest BCUT2D eigenvalue weighted by atomic mass is 32.2. The fraction of sp³-hybridized carbons (Fsp3) is 0.400. The molecule has 1 heterocycles. The fourth-order valence-corrected chi connectivity index (χ4v) is 1.99. The molecule has 0 aliphatic carbocycles. The van der Waals surface area contributed by atoms with Crippen LogP contribution in [0.1, 0.15) is 11.1 Å². The lowest BCUT2D eigenvalue weighted by Crippen LogP contribution is -2.02. The molecular formula is C10H12O4S. The van der Waals surface area contributed by atoms with E-state index in [4.69, 9.17) is 9.29 Å². The number of hydrogen-bond acceptors (Lipinski definition) is 3. The Labute approximate surface area is 88.6 Å². The Morgan fingerprint density at radius 1 is 1.53 bits per heavy atom. The van der Waals surface area contributed by atoms with E-state index in [9.17, 15) is 8.42 Å². The second-order valence-electron chi connectivity index (χ2n) is 3.72. The van der Waals surface area contributed by atoms with Gasteiger partial charge in [-0.2, -0.15) is 8.42 Å². The van der Waals surface area contributed by atoms with E-state index in [1.807, 2.05) is 6.92 Å². The number of rotatable bonds is 3. The highest BCUT2D eigenvalue weighted by Crippen LogP contribution is 2.21. The number of ether oxygens (including phenoxy) is 1. The minimum atomic E-state index is -4.10. The first-order valence-electron chi connectivity index (χ1n) is 4.65. The summed E-state index contributed by atoms with van der Waals surface area (Å²) >= 11 is 0. The van der Waals surface area contributed by atoms with Gasteiger partial charge in [-0.1, -0.05) is 6.07 Å². The van der Waals surface area contributed by atoms with Gasteiger partial charge >= 0.3 is 0 Å². The quantitative estimate of drug-likeness (QED) is 0.623. The van der Waals surface area contributed by atoms with E-state index in [0.29, 0.717) is 6.42 Å². The molecule has 1 aromatic carbocycles. The molecule has 5 heteroatoms. The maximum Gasteiger partial charge on any atom is 0.294 e. The van der Waals surface area contributed by atoms with Crippen molar-refractivity contribution in [3.8, 4) is 0 Å². The normalized spacial score (nSPS) is 20.3. The van der Waals surface area contributed by atoms with Crippen molar-refractivity contribution < 1.29 is 17.7 Å². The standard InChI is InChI=1S/C10H12O4S/c1-7-2-3-10(15(11,12)13)5-8(7)4-9-6-14-9/h2-3,5,9H,4,6H2,1H3,(H,11,12,13). The van der Waals surface area contributed by atoms with Crippen LogP contribution >= 0.6 is 0 Å². The van der Waals surface area contributed by atoms with Crippen LogP contribution in [0.15, 0.2) is 23.1 Å². The van der Waals surface area contributed by atoms with Crippen LogP contribution in [0, 0.1) is 6.92 Å². The smallest absolute Gasteiger partial charge is 0.294 e. The summed E-state index contributed by atoms with van der Waals surface area (Å²) in [6, 6.07) is 4.61. The molecule has 1 atom stereocenters. The summed E-state index contributed by atoms with van der Waals surface area (Å²) in [5, 5.41) is 0. The zero-order chi connectivity index (χ0) is 11.1. The van der Waals surface area contributed by atoms with Gasteiger partial charge < -0.3 is 4.74 Å². The summed E-state index contributed by atoms with van der Waals surface area (Å²) < 4.78 is 35.8. The Bertz CT molecular complexity index is 474. The minimum absolute atomic E-state index is 0.0521. The Morgan fingerprint density at radius 3 is 2.73 bits per heavy atom.